The molecule has 0 bridgehead atoms. The first-order valence-electron chi connectivity index (χ1n) is 7.96. The second-order valence-corrected chi connectivity index (χ2v) is 7.41. The van der Waals surface area contributed by atoms with Crippen molar-refractivity contribution in [3.05, 3.63) is 83.9 Å². The maximum Gasteiger partial charge on any atom is 0.262 e. The number of nitrogens with zero attached hydrogens (tertiary/aromatic N) is 1. The molecule has 2 N–H and O–H groups in total. The third-order valence-corrected chi connectivity index (χ3v) is 5.30. The van der Waals surface area contributed by atoms with Crippen molar-refractivity contribution in [2.24, 2.45) is 0 Å². The molecule has 0 spiro atoms. The summed E-state index contributed by atoms with van der Waals surface area (Å²) in [4.78, 5) is 16.0. The normalized spacial score (nSPS) is 11.0. The van der Waals surface area contributed by atoms with E-state index in [0.29, 0.717) is 16.8 Å². The molecule has 8 heteroatoms. The van der Waals surface area contributed by atoms with E-state index in [1.165, 1.54) is 36.7 Å². The van der Waals surface area contributed by atoms with Gasteiger partial charge in [-0.15, -0.1) is 0 Å². The predicted molar refractivity (Wildman–Crippen MR) is 101 cm³/mol. The zero-order chi connectivity index (χ0) is 19.4. The summed E-state index contributed by atoms with van der Waals surface area (Å²) in [7, 11) is -4.04. The highest BCUT2D eigenvalue weighted by molar-refractivity contribution is 7.92. The van der Waals surface area contributed by atoms with Crippen molar-refractivity contribution in [1.82, 2.24) is 4.98 Å². The van der Waals surface area contributed by atoms with Crippen LogP contribution < -0.4 is 10.0 Å². The summed E-state index contributed by atoms with van der Waals surface area (Å²) in [6, 6.07) is 13.1. The predicted octanol–water partition coefficient (Wildman–Crippen LogP) is 3.58. The van der Waals surface area contributed by atoms with Crippen molar-refractivity contribution in [3.63, 3.8) is 0 Å². The molecular formula is C19H16FN3O3S. The molecule has 1 amide bonds. The van der Waals surface area contributed by atoms with E-state index >= 15 is 0 Å². The Balaban J connectivity index is 1.89. The summed E-state index contributed by atoms with van der Waals surface area (Å²) in [6.45, 7) is 1.62. The van der Waals surface area contributed by atoms with E-state index in [4.69, 9.17) is 0 Å². The number of pyridine rings is 1. The first-order valence-corrected chi connectivity index (χ1v) is 9.44. The highest BCUT2D eigenvalue weighted by Gasteiger charge is 2.19. The third-order valence-electron chi connectivity index (χ3n) is 3.80. The molecule has 1 aromatic heterocycles. The summed E-state index contributed by atoms with van der Waals surface area (Å²) < 4.78 is 41.4. The first kappa shape index (κ1) is 18.5. The summed E-state index contributed by atoms with van der Waals surface area (Å²) in [5, 5.41) is 2.64. The SMILES string of the molecule is Cc1ccc(NC(=O)c2ccncc2)cc1S(=O)(=O)Nc1ccccc1F. The number of aryl methyl sites for hydroxylation is 1. The zero-order valence-electron chi connectivity index (χ0n) is 14.3. The van der Waals surface area contributed by atoms with Gasteiger partial charge in [-0.05, 0) is 48.9 Å². The molecule has 0 unspecified atom stereocenters. The van der Waals surface area contributed by atoms with Gasteiger partial charge in [-0.1, -0.05) is 18.2 Å². The van der Waals surface area contributed by atoms with Crippen LogP contribution in [0.15, 0.2) is 71.9 Å². The topological polar surface area (TPSA) is 88.2 Å². The van der Waals surface area contributed by atoms with Crippen LogP contribution >= 0.6 is 0 Å². The summed E-state index contributed by atoms with van der Waals surface area (Å²) >= 11 is 0. The van der Waals surface area contributed by atoms with Gasteiger partial charge < -0.3 is 5.32 Å². The number of para-hydroxylation sites is 1. The lowest BCUT2D eigenvalue weighted by atomic mass is 10.2. The van der Waals surface area contributed by atoms with Crippen LogP contribution in [0.25, 0.3) is 0 Å². The van der Waals surface area contributed by atoms with Crippen molar-refractivity contribution in [2.75, 3.05) is 10.0 Å². The minimum absolute atomic E-state index is 0.0571. The number of hydrogen-bond donors (Lipinski definition) is 2. The fraction of sp³-hybridized carbons (Fsp3) is 0.0526. The summed E-state index contributed by atoms with van der Waals surface area (Å²) in [5.41, 5.74) is 1.000. The molecule has 0 atom stereocenters. The smallest absolute Gasteiger partial charge is 0.262 e. The number of aromatic nitrogens is 1. The lowest BCUT2D eigenvalue weighted by Gasteiger charge is -2.13. The Morgan fingerprint density at radius 1 is 1.04 bits per heavy atom. The van der Waals surface area contributed by atoms with Crippen molar-refractivity contribution < 1.29 is 17.6 Å². The van der Waals surface area contributed by atoms with Gasteiger partial charge in [0.05, 0.1) is 10.6 Å². The van der Waals surface area contributed by atoms with Crippen LogP contribution in [0.3, 0.4) is 0 Å². The number of amides is 1. The minimum atomic E-state index is -4.04. The van der Waals surface area contributed by atoms with E-state index in [-0.39, 0.29) is 10.6 Å². The van der Waals surface area contributed by atoms with Crippen LogP contribution in [0.4, 0.5) is 15.8 Å². The number of carbonyl (C=O) groups excluding carboxylic acids is 1. The average molecular weight is 385 g/mol. The molecule has 0 aliphatic heterocycles. The van der Waals surface area contributed by atoms with Crippen molar-refractivity contribution in [1.29, 1.82) is 0 Å². The second kappa shape index (κ2) is 7.55. The van der Waals surface area contributed by atoms with Crippen LogP contribution in [0.1, 0.15) is 15.9 Å². The molecule has 0 radical (unpaired) electrons. The lowest BCUT2D eigenvalue weighted by molar-refractivity contribution is 0.102. The molecule has 0 saturated heterocycles. The van der Waals surface area contributed by atoms with E-state index in [0.717, 1.165) is 6.07 Å². The number of benzene rings is 2. The van der Waals surface area contributed by atoms with E-state index in [2.05, 4.69) is 15.0 Å². The molecule has 3 aromatic rings. The largest absolute Gasteiger partial charge is 0.322 e. The molecule has 6 nitrogen and oxygen atoms in total. The number of rotatable bonds is 5. The molecule has 1 heterocycles. The van der Waals surface area contributed by atoms with Crippen LogP contribution in [0, 0.1) is 12.7 Å². The molecule has 2 aromatic carbocycles. The van der Waals surface area contributed by atoms with Gasteiger partial charge >= 0.3 is 0 Å². The maximum absolute atomic E-state index is 13.8. The van der Waals surface area contributed by atoms with Gasteiger partial charge in [0.15, 0.2) is 0 Å². The van der Waals surface area contributed by atoms with Crippen LogP contribution in [0.5, 0.6) is 0 Å². The number of hydrogen-bond acceptors (Lipinski definition) is 4. The van der Waals surface area contributed by atoms with Crippen molar-refractivity contribution in [3.8, 4) is 0 Å². The van der Waals surface area contributed by atoms with Crippen LogP contribution in [-0.2, 0) is 10.0 Å². The molecule has 0 aliphatic rings. The van der Waals surface area contributed by atoms with E-state index < -0.39 is 21.7 Å². The highest BCUT2D eigenvalue weighted by atomic mass is 32.2. The standard InChI is InChI=1S/C19H16FN3O3S/c1-13-6-7-15(22-19(24)14-8-10-21-11-9-14)12-18(13)27(25,26)23-17-5-3-2-4-16(17)20/h2-12,23H,1H3,(H,22,24). The number of carbonyl (C=O) groups is 1. The number of anilines is 2. The fourth-order valence-electron chi connectivity index (χ4n) is 2.42. The number of halogens is 1. The van der Waals surface area contributed by atoms with E-state index in [9.17, 15) is 17.6 Å². The molecule has 138 valence electrons. The van der Waals surface area contributed by atoms with Gasteiger partial charge in [-0.3, -0.25) is 14.5 Å². The molecular weight excluding hydrogens is 369 g/mol. The lowest BCUT2D eigenvalue weighted by Crippen LogP contribution is -2.17. The van der Waals surface area contributed by atoms with Crippen LogP contribution in [0.2, 0.25) is 0 Å². The Hall–Kier alpha value is -3.26. The zero-order valence-corrected chi connectivity index (χ0v) is 15.1. The monoisotopic (exact) mass is 385 g/mol. The van der Waals surface area contributed by atoms with Crippen molar-refractivity contribution in [2.45, 2.75) is 11.8 Å². The quantitative estimate of drug-likeness (QED) is 0.703. The first-order chi connectivity index (χ1) is 12.9. The Kier molecular flexibility index (Phi) is 5.18. The van der Waals surface area contributed by atoms with E-state index in [1.54, 1.807) is 31.2 Å². The fourth-order valence-corrected chi connectivity index (χ4v) is 3.76. The van der Waals surface area contributed by atoms with Gasteiger partial charge in [0.1, 0.15) is 5.82 Å². The highest BCUT2D eigenvalue weighted by Crippen LogP contribution is 2.24. The summed E-state index contributed by atoms with van der Waals surface area (Å²) in [5.74, 6) is -1.08. The Morgan fingerprint density at radius 2 is 1.74 bits per heavy atom. The molecule has 0 saturated carbocycles. The number of sulfonamides is 1. The van der Waals surface area contributed by atoms with Crippen LogP contribution in [-0.4, -0.2) is 19.3 Å². The molecule has 0 fully saturated rings. The second-order valence-electron chi connectivity index (χ2n) is 5.76. The van der Waals surface area contributed by atoms with E-state index in [1.807, 2.05) is 0 Å². The minimum Gasteiger partial charge on any atom is -0.322 e. The third kappa shape index (κ3) is 4.29. The maximum atomic E-state index is 13.8. The van der Waals surface area contributed by atoms with Gasteiger partial charge in [-0.25, -0.2) is 12.8 Å². The van der Waals surface area contributed by atoms with Gasteiger partial charge in [0.25, 0.3) is 15.9 Å². The van der Waals surface area contributed by atoms with Gasteiger partial charge in [-0.2, -0.15) is 0 Å². The van der Waals surface area contributed by atoms with Crippen molar-refractivity contribution >= 4 is 27.3 Å². The molecule has 3 rings (SSSR count). The van der Waals surface area contributed by atoms with Gasteiger partial charge in [0.2, 0.25) is 0 Å². The average Bonchev–Trinajstić information content (AvgIpc) is 2.65. The van der Waals surface area contributed by atoms with Gasteiger partial charge in [0, 0.05) is 23.6 Å². The summed E-state index contributed by atoms with van der Waals surface area (Å²) in [6.07, 6.45) is 2.97. The Morgan fingerprint density at radius 3 is 2.44 bits per heavy atom. The number of nitrogens with one attached hydrogen (secondary N) is 2. The molecule has 0 aliphatic carbocycles. The Labute approximate surface area is 156 Å². The Bertz CT molecular complexity index is 1090. The molecule has 27 heavy (non-hydrogen) atoms.